The number of aryl methyl sites for hydroxylation is 1. The van der Waals surface area contributed by atoms with Crippen molar-refractivity contribution in [1.29, 1.82) is 0 Å². The van der Waals surface area contributed by atoms with Crippen LogP contribution in [0.1, 0.15) is 29.6 Å². The normalized spacial score (nSPS) is 14.2. The van der Waals surface area contributed by atoms with E-state index in [-0.39, 0.29) is 10.8 Å². The van der Waals surface area contributed by atoms with Gasteiger partial charge in [0.25, 0.3) is 15.9 Å². The monoisotopic (exact) mass is 473 g/mol. The molecule has 1 aliphatic rings. The van der Waals surface area contributed by atoms with Crippen LogP contribution in [0.15, 0.2) is 59.8 Å². The summed E-state index contributed by atoms with van der Waals surface area (Å²) >= 11 is 6.17. The predicted molar refractivity (Wildman–Crippen MR) is 126 cm³/mol. The highest BCUT2D eigenvalue weighted by Crippen LogP contribution is 2.33. The summed E-state index contributed by atoms with van der Waals surface area (Å²) in [5.74, 6) is -0.369. The summed E-state index contributed by atoms with van der Waals surface area (Å²) in [5.41, 5.74) is 1.65. The Morgan fingerprint density at radius 1 is 1.09 bits per heavy atom. The topological polar surface area (TPSA) is 96.3 Å². The molecular weight excluding hydrogens is 450 g/mol. The molecule has 1 aromatic heterocycles. The van der Waals surface area contributed by atoms with E-state index in [1.807, 2.05) is 0 Å². The van der Waals surface area contributed by atoms with Gasteiger partial charge in [0.15, 0.2) is 0 Å². The van der Waals surface area contributed by atoms with E-state index >= 15 is 0 Å². The van der Waals surface area contributed by atoms with Gasteiger partial charge < -0.3 is 10.2 Å². The van der Waals surface area contributed by atoms with Crippen LogP contribution in [-0.2, 0) is 17.1 Å². The van der Waals surface area contributed by atoms with Crippen molar-refractivity contribution in [3.63, 3.8) is 0 Å². The maximum atomic E-state index is 13.4. The Kier molecular flexibility index (Phi) is 6.38. The van der Waals surface area contributed by atoms with E-state index in [0.29, 0.717) is 27.6 Å². The van der Waals surface area contributed by atoms with Crippen molar-refractivity contribution in [3.05, 3.63) is 65.4 Å². The first-order chi connectivity index (χ1) is 15.3. The molecule has 0 unspecified atom stereocenters. The average Bonchev–Trinajstić information content (AvgIpc) is 3.22. The zero-order valence-electron chi connectivity index (χ0n) is 17.6. The fourth-order valence-corrected chi connectivity index (χ4v) is 5.26. The number of sulfonamides is 1. The van der Waals surface area contributed by atoms with Crippen molar-refractivity contribution in [2.24, 2.45) is 7.05 Å². The minimum absolute atomic E-state index is 0.0864. The first-order valence-electron chi connectivity index (χ1n) is 10.3. The lowest BCUT2D eigenvalue weighted by molar-refractivity contribution is 0.102. The van der Waals surface area contributed by atoms with Gasteiger partial charge in [-0.05, 0) is 49.6 Å². The number of carbonyl (C=O) groups excluding carboxylic acids is 1. The zero-order chi connectivity index (χ0) is 22.7. The molecule has 8 nitrogen and oxygen atoms in total. The number of para-hydroxylation sites is 1. The summed E-state index contributed by atoms with van der Waals surface area (Å²) in [4.78, 5) is 14.7. The fourth-order valence-electron chi connectivity index (χ4n) is 3.69. The molecule has 1 aliphatic heterocycles. The van der Waals surface area contributed by atoms with Gasteiger partial charge in [0.2, 0.25) is 0 Å². The first kappa shape index (κ1) is 22.2. The maximum Gasteiger partial charge on any atom is 0.264 e. The Hall–Kier alpha value is -3.04. The molecule has 4 rings (SSSR count). The molecule has 2 N–H and O–H groups in total. The molecule has 0 spiro atoms. The number of rotatable bonds is 6. The molecular formula is C22H24ClN5O3S. The second-order valence-corrected chi connectivity index (χ2v) is 9.73. The SMILES string of the molecule is Cn1cc(C(=O)Nc2ccc(N3CCCCC3)c(S(=O)(=O)Nc3ccccc3Cl)c2)cn1. The van der Waals surface area contributed by atoms with Crippen LogP contribution in [0.3, 0.4) is 0 Å². The Balaban J connectivity index is 1.70. The molecule has 0 radical (unpaired) electrons. The zero-order valence-corrected chi connectivity index (χ0v) is 19.2. The van der Waals surface area contributed by atoms with Crippen LogP contribution < -0.4 is 14.9 Å². The number of anilines is 3. The number of nitrogens with one attached hydrogen (secondary N) is 2. The Labute approximate surface area is 192 Å². The van der Waals surface area contributed by atoms with Crippen LogP contribution in [0.2, 0.25) is 5.02 Å². The predicted octanol–water partition coefficient (Wildman–Crippen LogP) is 4.12. The van der Waals surface area contributed by atoms with Gasteiger partial charge in [-0.25, -0.2) is 8.42 Å². The molecule has 2 heterocycles. The smallest absolute Gasteiger partial charge is 0.264 e. The molecule has 1 fully saturated rings. The number of amides is 1. The summed E-state index contributed by atoms with van der Waals surface area (Å²) in [7, 11) is -2.26. The lowest BCUT2D eigenvalue weighted by Gasteiger charge is -2.30. The molecule has 2 aromatic carbocycles. The van der Waals surface area contributed by atoms with Crippen molar-refractivity contribution in [1.82, 2.24) is 9.78 Å². The van der Waals surface area contributed by atoms with E-state index in [1.165, 1.54) is 16.9 Å². The van der Waals surface area contributed by atoms with Crippen molar-refractivity contribution < 1.29 is 13.2 Å². The van der Waals surface area contributed by atoms with Crippen LogP contribution in [0.5, 0.6) is 0 Å². The molecule has 0 atom stereocenters. The minimum Gasteiger partial charge on any atom is -0.370 e. The van der Waals surface area contributed by atoms with Gasteiger partial charge in [0, 0.05) is 32.0 Å². The highest BCUT2D eigenvalue weighted by molar-refractivity contribution is 7.93. The second-order valence-electron chi connectivity index (χ2n) is 7.67. The molecule has 1 amide bonds. The molecule has 0 saturated carbocycles. The van der Waals surface area contributed by atoms with Crippen LogP contribution in [0, 0.1) is 0 Å². The van der Waals surface area contributed by atoms with Crippen molar-refractivity contribution in [3.8, 4) is 0 Å². The van der Waals surface area contributed by atoms with Gasteiger partial charge >= 0.3 is 0 Å². The van der Waals surface area contributed by atoms with Gasteiger partial charge in [-0.15, -0.1) is 0 Å². The van der Waals surface area contributed by atoms with E-state index in [0.717, 1.165) is 32.4 Å². The van der Waals surface area contributed by atoms with Crippen LogP contribution in [-0.4, -0.2) is 37.2 Å². The largest absolute Gasteiger partial charge is 0.370 e. The number of nitrogens with zero attached hydrogens (tertiary/aromatic N) is 3. The summed E-state index contributed by atoms with van der Waals surface area (Å²) in [6, 6.07) is 11.6. The first-order valence-corrected chi connectivity index (χ1v) is 12.2. The summed E-state index contributed by atoms with van der Waals surface area (Å²) in [6.45, 7) is 1.55. The van der Waals surface area contributed by atoms with Gasteiger partial charge in [0.1, 0.15) is 4.90 Å². The van der Waals surface area contributed by atoms with E-state index in [9.17, 15) is 13.2 Å². The van der Waals surface area contributed by atoms with Gasteiger partial charge in [0.05, 0.1) is 28.2 Å². The number of carbonyl (C=O) groups is 1. The van der Waals surface area contributed by atoms with Crippen LogP contribution in [0.25, 0.3) is 0 Å². The highest BCUT2D eigenvalue weighted by Gasteiger charge is 2.25. The molecule has 3 aromatic rings. The van der Waals surface area contributed by atoms with Crippen molar-refractivity contribution in [2.45, 2.75) is 24.2 Å². The number of aromatic nitrogens is 2. The molecule has 0 aliphatic carbocycles. The van der Waals surface area contributed by atoms with Gasteiger partial charge in [-0.3, -0.25) is 14.2 Å². The second kappa shape index (κ2) is 9.22. The third-order valence-corrected chi connectivity index (χ3v) is 7.01. The minimum atomic E-state index is -3.98. The Morgan fingerprint density at radius 3 is 2.53 bits per heavy atom. The number of halogens is 1. The lowest BCUT2D eigenvalue weighted by Crippen LogP contribution is -2.31. The van der Waals surface area contributed by atoms with Crippen LogP contribution >= 0.6 is 11.6 Å². The van der Waals surface area contributed by atoms with E-state index in [4.69, 9.17) is 11.6 Å². The number of piperidine rings is 1. The van der Waals surface area contributed by atoms with Crippen LogP contribution in [0.4, 0.5) is 17.1 Å². The quantitative estimate of drug-likeness (QED) is 0.561. The maximum absolute atomic E-state index is 13.4. The van der Waals surface area contributed by atoms with E-state index in [2.05, 4.69) is 20.0 Å². The summed E-state index contributed by atoms with van der Waals surface area (Å²) < 4.78 is 30.9. The Morgan fingerprint density at radius 2 is 1.84 bits per heavy atom. The van der Waals surface area contributed by atoms with Gasteiger partial charge in [-0.2, -0.15) is 5.10 Å². The Bertz CT molecular complexity index is 1240. The number of hydrogen-bond donors (Lipinski definition) is 2. The van der Waals surface area contributed by atoms with E-state index in [1.54, 1.807) is 49.6 Å². The standard InChI is InChI=1S/C22H24ClN5O3S/c1-27-15-16(14-24-27)22(29)25-17-9-10-20(28-11-5-2-6-12-28)21(13-17)32(30,31)26-19-8-4-3-7-18(19)23/h3-4,7-10,13-15,26H,2,5-6,11-12H2,1H3,(H,25,29). The molecule has 10 heteroatoms. The molecule has 1 saturated heterocycles. The third kappa shape index (κ3) is 4.89. The third-order valence-electron chi connectivity index (χ3n) is 5.29. The van der Waals surface area contributed by atoms with Gasteiger partial charge in [-0.1, -0.05) is 23.7 Å². The highest BCUT2D eigenvalue weighted by atomic mass is 35.5. The molecule has 168 valence electrons. The van der Waals surface area contributed by atoms with E-state index < -0.39 is 10.0 Å². The molecule has 32 heavy (non-hydrogen) atoms. The average molecular weight is 474 g/mol. The number of benzene rings is 2. The number of hydrogen-bond acceptors (Lipinski definition) is 5. The molecule has 0 bridgehead atoms. The summed E-state index contributed by atoms with van der Waals surface area (Å²) in [5, 5.41) is 7.06. The summed E-state index contributed by atoms with van der Waals surface area (Å²) in [6.07, 6.45) is 6.16. The van der Waals surface area contributed by atoms with Crippen molar-refractivity contribution >= 4 is 44.6 Å². The van der Waals surface area contributed by atoms with Crippen molar-refractivity contribution in [2.75, 3.05) is 28.0 Å². The fraction of sp³-hybridized carbons (Fsp3) is 0.273. The lowest BCUT2D eigenvalue weighted by atomic mass is 10.1.